The van der Waals surface area contributed by atoms with Gasteiger partial charge in [-0.05, 0) is 61.4 Å². The molecule has 164 valence electrons. The van der Waals surface area contributed by atoms with Crippen molar-refractivity contribution < 1.29 is 19.0 Å². The van der Waals surface area contributed by atoms with E-state index in [-0.39, 0.29) is 5.78 Å². The Morgan fingerprint density at radius 2 is 1.37 bits per heavy atom. The van der Waals surface area contributed by atoms with Crippen LogP contribution in [0, 0.1) is 0 Å². The first-order chi connectivity index (χ1) is 14.6. The van der Waals surface area contributed by atoms with Crippen LogP contribution in [0.4, 0.5) is 0 Å². The van der Waals surface area contributed by atoms with Gasteiger partial charge in [-0.1, -0.05) is 39.8 Å². The fourth-order valence-electron chi connectivity index (χ4n) is 3.13. The van der Waals surface area contributed by atoms with Crippen molar-refractivity contribution in [2.45, 2.75) is 66.2 Å². The first-order valence-electron chi connectivity index (χ1n) is 11.3. The normalized spacial score (nSPS) is 10.7. The molecule has 0 spiro atoms. The summed E-state index contributed by atoms with van der Waals surface area (Å²) in [6.07, 6.45) is 4.81. The molecule has 2 rings (SSSR count). The molecule has 0 unspecified atom stereocenters. The van der Waals surface area contributed by atoms with E-state index >= 15 is 0 Å². The van der Waals surface area contributed by atoms with Crippen molar-refractivity contribution in [1.29, 1.82) is 0 Å². The fourth-order valence-corrected chi connectivity index (χ4v) is 3.13. The molecule has 0 aliphatic heterocycles. The second kappa shape index (κ2) is 12.9. The van der Waals surface area contributed by atoms with Crippen LogP contribution >= 0.6 is 0 Å². The molecule has 0 saturated carbocycles. The lowest BCUT2D eigenvalue weighted by molar-refractivity contribution is 0.0981. The minimum absolute atomic E-state index is 0.0849. The highest BCUT2D eigenvalue weighted by Gasteiger charge is 2.13. The van der Waals surface area contributed by atoms with Gasteiger partial charge in [-0.15, -0.1) is 0 Å². The highest BCUT2D eigenvalue weighted by Crippen LogP contribution is 2.27. The summed E-state index contributed by atoms with van der Waals surface area (Å²) < 4.78 is 17.4. The monoisotopic (exact) mass is 412 g/mol. The summed E-state index contributed by atoms with van der Waals surface area (Å²) in [6.45, 7) is 10.3. The Labute approximate surface area is 181 Å². The van der Waals surface area contributed by atoms with Gasteiger partial charge in [0.25, 0.3) is 0 Å². The van der Waals surface area contributed by atoms with Gasteiger partial charge in [0, 0.05) is 18.1 Å². The van der Waals surface area contributed by atoms with Crippen LogP contribution in [0.3, 0.4) is 0 Å². The number of rotatable bonds is 14. The molecule has 30 heavy (non-hydrogen) atoms. The molecule has 0 bridgehead atoms. The van der Waals surface area contributed by atoms with E-state index in [9.17, 15) is 4.79 Å². The molecule has 4 nitrogen and oxygen atoms in total. The molecular formula is C26H36O4. The second-order valence-electron chi connectivity index (χ2n) is 7.46. The van der Waals surface area contributed by atoms with Gasteiger partial charge in [0.1, 0.15) is 17.2 Å². The lowest BCUT2D eigenvalue weighted by Gasteiger charge is -2.13. The maximum absolute atomic E-state index is 13.0. The number of aryl methyl sites for hydroxylation is 2. The van der Waals surface area contributed by atoms with Gasteiger partial charge in [-0.3, -0.25) is 4.79 Å². The molecule has 0 amide bonds. The van der Waals surface area contributed by atoms with Crippen molar-refractivity contribution in [3.8, 4) is 17.2 Å². The van der Waals surface area contributed by atoms with Crippen LogP contribution in [0.15, 0.2) is 36.4 Å². The Bertz CT molecular complexity index is 771. The molecular weight excluding hydrogens is 376 g/mol. The van der Waals surface area contributed by atoms with E-state index in [1.165, 1.54) is 5.56 Å². The van der Waals surface area contributed by atoms with E-state index in [4.69, 9.17) is 14.2 Å². The maximum atomic E-state index is 13.0. The van der Waals surface area contributed by atoms with Crippen molar-refractivity contribution in [3.63, 3.8) is 0 Å². The minimum atomic E-state index is 0.0849. The van der Waals surface area contributed by atoms with E-state index in [0.29, 0.717) is 49.7 Å². The molecule has 0 saturated heterocycles. The quantitative estimate of drug-likeness (QED) is 0.335. The Hall–Kier alpha value is -2.49. The van der Waals surface area contributed by atoms with Crippen LogP contribution in [0.1, 0.15) is 74.9 Å². The van der Waals surface area contributed by atoms with E-state index < -0.39 is 0 Å². The van der Waals surface area contributed by atoms with Crippen LogP contribution in [-0.4, -0.2) is 25.6 Å². The molecule has 2 aromatic carbocycles. The van der Waals surface area contributed by atoms with Gasteiger partial charge in [0.15, 0.2) is 5.78 Å². The number of carbonyl (C=O) groups is 1. The third-order valence-electron chi connectivity index (χ3n) is 4.76. The van der Waals surface area contributed by atoms with Gasteiger partial charge in [0.2, 0.25) is 0 Å². The van der Waals surface area contributed by atoms with E-state index in [0.717, 1.165) is 37.0 Å². The maximum Gasteiger partial charge on any atom is 0.163 e. The van der Waals surface area contributed by atoms with Crippen LogP contribution < -0.4 is 14.2 Å². The van der Waals surface area contributed by atoms with Gasteiger partial charge >= 0.3 is 0 Å². The summed E-state index contributed by atoms with van der Waals surface area (Å²) in [5.41, 5.74) is 2.99. The first-order valence-corrected chi connectivity index (χ1v) is 11.3. The van der Waals surface area contributed by atoms with Crippen molar-refractivity contribution >= 4 is 5.78 Å². The molecule has 0 heterocycles. The van der Waals surface area contributed by atoms with Crippen molar-refractivity contribution in [2.75, 3.05) is 19.8 Å². The zero-order valence-electron chi connectivity index (χ0n) is 19.0. The summed E-state index contributed by atoms with van der Waals surface area (Å²) in [4.78, 5) is 13.0. The topological polar surface area (TPSA) is 44.8 Å². The fraction of sp³-hybridized carbons (Fsp3) is 0.500. The predicted molar refractivity (Wildman–Crippen MR) is 122 cm³/mol. The molecule has 2 aromatic rings. The zero-order valence-corrected chi connectivity index (χ0v) is 19.0. The van der Waals surface area contributed by atoms with Crippen molar-refractivity contribution in [1.82, 2.24) is 0 Å². The number of ether oxygens (including phenoxy) is 3. The largest absolute Gasteiger partial charge is 0.493 e. The van der Waals surface area contributed by atoms with E-state index in [1.807, 2.05) is 24.3 Å². The highest BCUT2D eigenvalue weighted by atomic mass is 16.5. The number of hydrogen-bond donors (Lipinski definition) is 0. The van der Waals surface area contributed by atoms with Gasteiger partial charge in [-0.25, -0.2) is 0 Å². The third-order valence-corrected chi connectivity index (χ3v) is 4.76. The Kier molecular flexibility index (Phi) is 10.3. The minimum Gasteiger partial charge on any atom is -0.493 e. The number of hydrogen-bond acceptors (Lipinski definition) is 4. The smallest absolute Gasteiger partial charge is 0.163 e. The van der Waals surface area contributed by atoms with Crippen LogP contribution in [0.5, 0.6) is 17.2 Å². The lowest BCUT2D eigenvalue weighted by atomic mass is 9.99. The van der Waals surface area contributed by atoms with E-state index in [2.05, 4.69) is 39.8 Å². The predicted octanol–water partition coefficient (Wildman–Crippen LogP) is 6.43. The highest BCUT2D eigenvalue weighted by molar-refractivity contribution is 5.97. The average molecular weight is 413 g/mol. The number of Topliss-reactive ketones (excluding diaryl/α,β-unsaturated/α-hetero) is 1. The number of benzene rings is 2. The Morgan fingerprint density at radius 1 is 0.767 bits per heavy atom. The van der Waals surface area contributed by atoms with Gasteiger partial charge in [0.05, 0.1) is 19.8 Å². The van der Waals surface area contributed by atoms with Gasteiger partial charge < -0.3 is 14.2 Å². The molecule has 0 N–H and O–H groups in total. The Balaban J connectivity index is 2.16. The molecule has 0 aliphatic carbocycles. The molecule has 0 aromatic heterocycles. The van der Waals surface area contributed by atoms with Crippen LogP contribution in [0.2, 0.25) is 0 Å². The molecule has 0 fully saturated rings. The van der Waals surface area contributed by atoms with Crippen LogP contribution in [-0.2, 0) is 12.8 Å². The summed E-state index contributed by atoms with van der Waals surface area (Å²) >= 11 is 0. The van der Waals surface area contributed by atoms with Crippen LogP contribution in [0.25, 0.3) is 0 Å². The van der Waals surface area contributed by atoms with E-state index in [1.54, 1.807) is 0 Å². The summed E-state index contributed by atoms with van der Waals surface area (Å²) in [7, 11) is 0. The summed E-state index contributed by atoms with van der Waals surface area (Å²) in [5, 5.41) is 0. The van der Waals surface area contributed by atoms with Crippen molar-refractivity contribution in [2.24, 2.45) is 0 Å². The standard InChI is InChI=1S/C26H36O4/c1-5-13-28-23-17-22(18-24(19-23)29-14-6-2)25(27)11-10-21-16-20(8-4)9-12-26(21)30-15-7-3/h9,12,16-19H,5-8,10-11,13-15H2,1-4H3. The second-order valence-corrected chi connectivity index (χ2v) is 7.46. The third kappa shape index (κ3) is 7.40. The zero-order chi connectivity index (χ0) is 21.8. The first kappa shape index (κ1) is 23.8. The molecule has 0 radical (unpaired) electrons. The average Bonchev–Trinajstić information content (AvgIpc) is 2.78. The SMILES string of the molecule is CCCOc1cc(OCCC)cc(C(=O)CCc2cc(CC)ccc2OCCC)c1. The molecule has 0 atom stereocenters. The number of ketones is 1. The van der Waals surface area contributed by atoms with Crippen molar-refractivity contribution in [3.05, 3.63) is 53.1 Å². The molecule has 4 heteroatoms. The Morgan fingerprint density at radius 3 is 1.93 bits per heavy atom. The lowest BCUT2D eigenvalue weighted by Crippen LogP contribution is -2.06. The van der Waals surface area contributed by atoms with Gasteiger partial charge in [-0.2, -0.15) is 0 Å². The summed E-state index contributed by atoms with van der Waals surface area (Å²) in [5.74, 6) is 2.35. The summed E-state index contributed by atoms with van der Waals surface area (Å²) in [6, 6.07) is 11.8. The number of carbonyl (C=O) groups excluding carboxylic acids is 1. The molecule has 0 aliphatic rings.